The van der Waals surface area contributed by atoms with Crippen LogP contribution in [0.25, 0.3) is 0 Å². The van der Waals surface area contributed by atoms with Gasteiger partial charge in [0.1, 0.15) is 5.15 Å². The van der Waals surface area contributed by atoms with Gasteiger partial charge < -0.3 is 19.7 Å². The molecule has 2 rings (SSSR count). The molecule has 1 aliphatic heterocycles. The fourth-order valence-corrected chi connectivity index (χ4v) is 2.33. The Morgan fingerprint density at radius 1 is 1.55 bits per heavy atom. The number of pyridine rings is 1. The van der Waals surface area contributed by atoms with Crippen molar-refractivity contribution < 1.29 is 14.4 Å². The van der Waals surface area contributed by atoms with E-state index in [0.29, 0.717) is 30.6 Å². The highest BCUT2D eigenvalue weighted by molar-refractivity contribution is 6.29. The van der Waals surface area contributed by atoms with Crippen LogP contribution in [0.2, 0.25) is 5.15 Å². The molecule has 1 fully saturated rings. The highest BCUT2D eigenvalue weighted by atomic mass is 35.5. The Kier molecular flexibility index (Phi) is 5.17. The molecule has 0 atom stereocenters. The van der Waals surface area contributed by atoms with E-state index in [1.807, 2.05) is 6.07 Å². The van der Waals surface area contributed by atoms with Gasteiger partial charge in [-0.3, -0.25) is 10.1 Å². The number of halogens is 1. The molecule has 0 aromatic carbocycles. The molecule has 1 aliphatic rings. The van der Waals surface area contributed by atoms with Crippen molar-refractivity contribution in [2.24, 2.45) is 0 Å². The predicted octanol–water partition coefficient (Wildman–Crippen LogP) is 1.20. The Balaban J connectivity index is 2.23. The van der Waals surface area contributed by atoms with Crippen LogP contribution in [0.5, 0.6) is 0 Å². The summed E-state index contributed by atoms with van der Waals surface area (Å²) in [5, 5.41) is 14.1. The normalized spacial score (nSPS) is 19.0. The van der Waals surface area contributed by atoms with E-state index >= 15 is 0 Å². The SMILES string of the molecule is COC1(OC)CN/C(=C\[N+](=O)[O-])N(Cc2ccc(Cl)nc2)C1. The molecule has 1 aromatic heterocycles. The first-order chi connectivity index (χ1) is 10.5. The molecule has 0 aliphatic carbocycles. The summed E-state index contributed by atoms with van der Waals surface area (Å²) in [5.41, 5.74) is 0.864. The zero-order valence-electron chi connectivity index (χ0n) is 12.3. The third-order valence-corrected chi connectivity index (χ3v) is 3.67. The van der Waals surface area contributed by atoms with Gasteiger partial charge in [0.15, 0.2) is 5.82 Å². The van der Waals surface area contributed by atoms with Crippen LogP contribution in [0.3, 0.4) is 0 Å². The molecule has 0 saturated carbocycles. The molecule has 0 amide bonds. The maximum absolute atomic E-state index is 10.8. The highest BCUT2D eigenvalue weighted by Crippen LogP contribution is 2.23. The van der Waals surface area contributed by atoms with E-state index in [0.717, 1.165) is 11.8 Å². The summed E-state index contributed by atoms with van der Waals surface area (Å²) in [6, 6.07) is 3.49. The van der Waals surface area contributed by atoms with Crippen molar-refractivity contribution in [3.8, 4) is 0 Å². The van der Waals surface area contributed by atoms with Gasteiger partial charge in [0.05, 0.1) is 18.0 Å². The van der Waals surface area contributed by atoms with Gasteiger partial charge in [-0.2, -0.15) is 0 Å². The number of methoxy groups -OCH3 is 2. The summed E-state index contributed by atoms with van der Waals surface area (Å²) in [7, 11) is 3.07. The van der Waals surface area contributed by atoms with Gasteiger partial charge in [0.2, 0.25) is 5.79 Å². The quantitative estimate of drug-likeness (QED) is 0.376. The topological polar surface area (TPSA) is 89.8 Å². The van der Waals surface area contributed by atoms with E-state index in [1.165, 1.54) is 14.2 Å². The second kappa shape index (κ2) is 6.91. The van der Waals surface area contributed by atoms with Crippen LogP contribution in [-0.4, -0.2) is 47.9 Å². The standard InChI is InChI=1S/C13H17ClN4O4/c1-21-13(22-2)8-16-12(7-18(19)20)17(9-13)6-10-3-4-11(14)15-5-10/h3-5,7,16H,6,8-9H2,1-2H3/b12-7+. The largest absolute Gasteiger partial charge is 0.361 e. The molecular formula is C13H17ClN4O4. The number of nitro groups is 1. The van der Waals surface area contributed by atoms with E-state index in [2.05, 4.69) is 10.3 Å². The first-order valence-electron chi connectivity index (χ1n) is 6.53. The summed E-state index contributed by atoms with van der Waals surface area (Å²) in [4.78, 5) is 16.1. The average Bonchev–Trinajstić information content (AvgIpc) is 2.51. The molecule has 0 radical (unpaired) electrons. The van der Waals surface area contributed by atoms with Gasteiger partial charge in [-0.25, -0.2) is 4.98 Å². The van der Waals surface area contributed by atoms with E-state index in [1.54, 1.807) is 17.2 Å². The molecule has 0 spiro atoms. The number of hydrogen-bond acceptors (Lipinski definition) is 7. The molecule has 1 aromatic rings. The second-order valence-corrected chi connectivity index (χ2v) is 5.20. The summed E-state index contributed by atoms with van der Waals surface area (Å²) >= 11 is 5.76. The third-order valence-electron chi connectivity index (χ3n) is 3.45. The van der Waals surface area contributed by atoms with Crippen molar-refractivity contribution in [3.05, 3.63) is 51.2 Å². The maximum atomic E-state index is 10.8. The number of nitrogens with one attached hydrogen (secondary N) is 1. The molecular weight excluding hydrogens is 312 g/mol. The van der Waals surface area contributed by atoms with Crippen LogP contribution in [0.15, 0.2) is 30.4 Å². The monoisotopic (exact) mass is 328 g/mol. The first kappa shape index (κ1) is 16.5. The van der Waals surface area contributed by atoms with Crippen molar-refractivity contribution >= 4 is 11.6 Å². The molecule has 22 heavy (non-hydrogen) atoms. The van der Waals surface area contributed by atoms with Crippen molar-refractivity contribution in [1.82, 2.24) is 15.2 Å². The summed E-state index contributed by atoms with van der Waals surface area (Å²) in [6.45, 7) is 1.07. The lowest BCUT2D eigenvalue weighted by molar-refractivity contribution is -0.405. The fourth-order valence-electron chi connectivity index (χ4n) is 2.21. The molecule has 0 bridgehead atoms. The Bertz CT molecular complexity index is 560. The smallest absolute Gasteiger partial charge is 0.274 e. The Hall–Kier alpha value is -1.90. The molecule has 2 heterocycles. The molecule has 1 N–H and O–H groups in total. The van der Waals surface area contributed by atoms with Crippen LogP contribution in [0, 0.1) is 10.1 Å². The zero-order chi connectivity index (χ0) is 16.2. The minimum absolute atomic E-state index is 0.315. The van der Waals surface area contributed by atoms with Gasteiger partial charge in [-0.1, -0.05) is 17.7 Å². The van der Waals surface area contributed by atoms with Crippen LogP contribution in [0.1, 0.15) is 5.56 Å². The van der Waals surface area contributed by atoms with E-state index < -0.39 is 10.7 Å². The lowest BCUT2D eigenvalue weighted by Gasteiger charge is -2.42. The second-order valence-electron chi connectivity index (χ2n) is 4.82. The van der Waals surface area contributed by atoms with Crippen molar-refractivity contribution in [2.45, 2.75) is 12.3 Å². The van der Waals surface area contributed by atoms with Crippen molar-refractivity contribution in [2.75, 3.05) is 27.3 Å². The number of hydrogen-bond donors (Lipinski definition) is 1. The van der Waals surface area contributed by atoms with E-state index in [9.17, 15) is 10.1 Å². The fraction of sp³-hybridized carbons (Fsp3) is 0.462. The van der Waals surface area contributed by atoms with Crippen LogP contribution in [-0.2, 0) is 16.0 Å². The van der Waals surface area contributed by atoms with E-state index in [-0.39, 0.29) is 0 Å². The Labute approximate surface area is 132 Å². The number of ether oxygens (including phenoxy) is 2. The highest BCUT2D eigenvalue weighted by Gasteiger charge is 2.38. The first-order valence-corrected chi connectivity index (χ1v) is 6.91. The lowest BCUT2D eigenvalue weighted by atomic mass is 10.1. The number of rotatable bonds is 5. The van der Waals surface area contributed by atoms with Crippen molar-refractivity contribution in [3.63, 3.8) is 0 Å². The molecule has 9 heteroatoms. The number of nitrogens with zero attached hydrogens (tertiary/aromatic N) is 3. The lowest BCUT2D eigenvalue weighted by Crippen LogP contribution is -2.58. The third kappa shape index (κ3) is 3.85. The Morgan fingerprint density at radius 2 is 2.27 bits per heavy atom. The number of aromatic nitrogens is 1. The molecule has 8 nitrogen and oxygen atoms in total. The van der Waals surface area contributed by atoms with Gasteiger partial charge in [0.25, 0.3) is 6.20 Å². The summed E-state index contributed by atoms with van der Waals surface area (Å²) < 4.78 is 10.8. The Morgan fingerprint density at radius 3 is 2.82 bits per heavy atom. The predicted molar refractivity (Wildman–Crippen MR) is 79.5 cm³/mol. The van der Waals surface area contributed by atoms with Gasteiger partial charge in [-0.15, -0.1) is 0 Å². The van der Waals surface area contributed by atoms with Crippen LogP contribution < -0.4 is 5.32 Å². The zero-order valence-corrected chi connectivity index (χ0v) is 13.0. The molecule has 1 saturated heterocycles. The van der Waals surface area contributed by atoms with Gasteiger partial charge >= 0.3 is 0 Å². The van der Waals surface area contributed by atoms with E-state index in [4.69, 9.17) is 21.1 Å². The average molecular weight is 329 g/mol. The summed E-state index contributed by atoms with van der Waals surface area (Å²) in [6.07, 6.45) is 2.56. The minimum atomic E-state index is -0.867. The van der Waals surface area contributed by atoms with Gasteiger partial charge in [-0.05, 0) is 11.6 Å². The van der Waals surface area contributed by atoms with Crippen molar-refractivity contribution in [1.29, 1.82) is 0 Å². The summed E-state index contributed by atoms with van der Waals surface area (Å²) in [5.74, 6) is -0.474. The van der Waals surface area contributed by atoms with Gasteiger partial charge in [0, 0.05) is 27.0 Å². The molecule has 0 unspecified atom stereocenters. The minimum Gasteiger partial charge on any atom is -0.361 e. The van der Waals surface area contributed by atoms with Crippen LogP contribution >= 0.6 is 11.6 Å². The van der Waals surface area contributed by atoms with Crippen LogP contribution in [0.4, 0.5) is 0 Å². The maximum Gasteiger partial charge on any atom is 0.274 e. The molecule has 120 valence electrons.